The first-order valence-corrected chi connectivity index (χ1v) is 7.22. The molecule has 1 aliphatic rings. The van der Waals surface area contributed by atoms with E-state index in [-0.39, 0.29) is 0 Å². The van der Waals surface area contributed by atoms with Crippen LogP contribution in [0, 0.1) is 0 Å². The fraction of sp³-hybridized carbons (Fsp3) is 0.438. The Balaban J connectivity index is 1.68. The van der Waals surface area contributed by atoms with E-state index in [9.17, 15) is 0 Å². The summed E-state index contributed by atoms with van der Waals surface area (Å²) < 4.78 is 0. The topological polar surface area (TPSA) is 31.9 Å². The molecule has 0 amide bonds. The minimum absolute atomic E-state index is 0.941. The lowest BCUT2D eigenvalue weighted by Gasteiger charge is -2.18. The standard InChI is InChI=1S/C16H21N3/c1-2-3-8-16-17-11-14(18-16)12-19-10-9-13-6-4-5-7-15(13)19/h4-7,11H,2-3,8-10,12H2,1H3,(H,17,18). The number of H-pyrrole nitrogens is 1. The molecule has 0 spiro atoms. The number of imidazole rings is 1. The zero-order valence-electron chi connectivity index (χ0n) is 11.5. The van der Waals surface area contributed by atoms with Crippen LogP contribution in [0.3, 0.4) is 0 Å². The van der Waals surface area contributed by atoms with Crippen LogP contribution in [0.15, 0.2) is 30.5 Å². The maximum absolute atomic E-state index is 4.47. The number of fused-ring (bicyclic) bond motifs is 1. The van der Waals surface area contributed by atoms with Crippen molar-refractivity contribution in [3.63, 3.8) is 0 Å². The SMILES string of the molecule is CCCCc1ncc(CN2CCc3ccccc32)[nH]1. The molecule has 3 heteroatoms. The molecule has 0 saturated heterocycles. The Morgan fingerprint density at radius 2 is 2.21 bits per heavy atom. The van der Waals surface area contributed by atoms with Crippen molar-refractivity contribution in [3.8, 4) is 0 Å². The second-order valence-electron chi connectivity index (χ2n) is 5.26. The van der Waals surface area contributed by atoms with Gasteiger partial charge in [0.05, 0.1) is 18.4 Å². The van der Waals surface area contributed by atoms with Crippen LogP contribution < -0.4 is 4.90 Å². The Hall–Kier alpha value is -1.77. The molecule has 1 aromatic carbocycles. The predicted octanol–water partition coefficient (Wildman–Crippen LogP) is 3.32. The normalized spacial score (nSPS) is 13.8. The summed E-state index contributed by atoms with van der Waals surface area (Å²) in [5, 5.41) is 0. The first kappa shape index (κ1) is 12.3. The predicted molar refractivity (Wildman–Crippen MR) is 78.4 cm³/mol. The van der Waals surface area contributed by atoms with E-state index in [1.54, 1.807) is 0 Å². The molecule has 3 rings (SSSR count). The molecular weight excluding hydrogens is 234 g/mol. The largest absolute Gasteiger partial charge is 0.365 e. The molecule has 100 valence electrons. The number of anilines is 1. The lowest BCUT2D eigenvalue weighted by Crippen LogP contribution is -2.19. The van der Waals surface area contributed by atoms with Crippen LogP contribution in [0.1, 0.15) is 36.8 Å². The van der Waals surface area contributed by atoms with Crippen molar-refractivity contribution in [2.24, 2.45) is 0 Å². The van der Waals surface area contributed by atoms with E-state index in [1.165, 1.54) is 29.8 Å². The van der Waals surface area contributed by atoms with Crippen molar-refractivity contribution in [2.45, 2.75) is 39.2 Å². The third-order valence-electron chi connectivity index (χ3n) is 3.79. The summed E-state index contributed by atoms with van der Waals surface area (Å²) in [6.45, 7) is 4.27. The number of rotatable bonds is 5. The van der Waals surface area contributed by atoms with Gasteiger partial charge < -0.3 is 9.88 Å². The van der Waals surface area contributed by atoms with Gasteiger partial charge in [-0.1, -0.05) is 31.5 Å². The fourth-order valence-corrected chi connectivity index (χ4v) is 2.73. The highest BCUT2D eigenvalue weighted by molar-refractivity contribution is 5.57. The quantitative estimate of drug-likeness (QED) is 0.889. The molecule has 1 N–H and O–H groups in total. The second-order valence-corrected chi connectivity index (χ2v) is 5.26. The van der Waals surface area contributed by atoms with Crippen molar-refractivity contribution < 1.29 is 0 Å². The molecule has 2 heterocycles. The smallest absolute Gasteiger partial charge is 0.106 e. The van der Waals surface area contributed by atoms with Gasteiger partial charge in [0.2, 0.25) is 0 Å². The summed E-state index contributed by atoms with van der Waals surface area (Å²) >= 11 is 0. The van der Waals surface area contributed by atoms with E-state index in [4.69, 9.17) is 0 Å². The van der Waals surface area contributed by atoms with Gasteiger partial charge in [0.15, 0.2) is 0 Å². The van der Waals surface area contributed by atoms with Gasteiger partial charge in [0, 0.05) is 18.7 Å². The van der Waals surface area contributed by atoms with Crippen LogP contribution >= 0.6 is 0 Å². The molecule has 0 aliphatic carbocycles. The Bertz CT molecular complexity index is 544. The average molecular weight is 255 g/mol. The summed E-state index contributed by atoms with van der Waals surface area (Å²) in [5.74, 6) is 1.13. The summed E-state index contributed by atoms with van der Waals surface area (Å²) in [5.41, 5.74) is 4.07. The number of hydrogen-bond acceptors (Lipinski definition) is 2. The number of aromatic amines is 1. The minimum atomic E-state index is 0.941. The molecule has 0 fully saturated rings. The molecule has 0 unspecified atom stereocenters. The van der Waals surface area contributed by atoms with Crippen molar-refractivity contribution in [1.82, 2.24) is 9.97 Å². The highest BCUT2D eigenvalue weighted by atomic mass is 15.2. The average Bonchev–Trinajstić information content (AvgIpc) is 3.05. The Kier molecular flexibility index (Phi) is 3.53. The van der Waals surface area contributed by atoms with E-state index >= 15 is 0 Å². The number of para-hydroxylation sites is 1. The first-order chi connectivity index (χ1) is 9.36. The number of aromatic nitrogens is 2. The Morgan fingerprint density at radius 3 is 3.11 bits per heavy atom. The number of hydrogen-bond donors (Lipinski definition) is 1. The van der Waals surface area contributed by atoms with Gasteiger partial charge in [-0.25, -0.2) is 4.98 Å². The maximum Gasteiger partial charge on any atom is 0.106 e. The number of unbranched alkanes of at least 4 members (excludes halogenated alkanes) is 1. The molecule has 0 saturated carbocycles. The zero-order chi connectivity index (χ0) is 13.1. The molecule has 0 radical (unpaired) electrons. The molecule has 3 nitrogen and oxygen atoms in total. The van der Waals surface area contributed by atoms with Crippen molar-refractivity contribution in [1.29, 1.82) is 0 Å². The van der Waals surface area contributed by atoms with E-state index in [0.29, 0.717) is 0 Å². The van der Waals surface area contributed by atoms with Crippen LogP contribution in [0.25, 0.3) is 0 Å². The van der Waals surface area contributed by atoms with E-state index in [0.717, 1.165) is 31.8 Å². The summed E-state index contributed by atoms with van der Waals surface area (Å²) in [6, 6.07) is 8.70. The van der Waals surface area contributed by atoms with Gasteiger partial charge in [-0.05, 0) is 24.5 Å². The van der Waals surface area contributed by atoms with Gasteiger partial charge in [-0.15, -0.1) is 0 Å². The van der Waals surface area contributed by atoms with Crippen LogP contribution in [-0.2, 0) is 19.4 Å². The van der Waals surface area contributed by atoms with Crippen LogP contribution in [0.4, 0.5) is 5.69 Å². The molecule has 2 aromatic rings. The molecule has 0 bridgehead atoms. The molecule has 19 heavy (non-hydrogen) atoms. The number of nitrogens with zero attached hydrogens (tertiary/aromatic N) is 2. The van der Waals surface area contributed by atoms with Crippen LogP contribution in [-0.4, -0.2) is 16.5 Å². The van der Waals surface area contributed by atoms with E-state index < -0.39 is 0 Å². The van der Waals surface area contributed by atoms with Crippen molar-refractivity contribution in [2.75, 3.05) is 11.4 Å². The van der Waals surface area contributed by atoms with Gasteiger partial charge in [-0.2, -0.15) is 0 Å². The van der Waals surface area contributed by atoms with E-state index in [2.05, 4.69) is 46.1 Å². The molecular formula is C16H21N3. The first-order valence-electron chi connectivity index (χ1n) is 7.22. The Morgan fingerprint density at radius 1 is 1.32 bits per heavy atom. The molecule has 1 aromatic heterocycles. The van der Waals surface area contributed by atoms with Crippen LogP contribution in [0.5, 0.6) is 0 Å². The van der Waals surface area contributed by atoms with Gasteiger partial charge >= 0.3 is 0 Å². The number of benzene rings is 1. The fourth-order valence-electron chi connectivity index (χ4n) is 2.73. The van der Waals surface area contributed by atoms with Crippen molar-refractivity contribution in [3.05, 3.63) is 47.5 Å². The highest BCUT2D eigenvalue weighted by Crippen LogP contribution is 2.28. The maximum atomic E-state index is 4.47. The van der Waals surface area contributed by atoms with Gasteiger partial charge in [0.25, 0.3) is 0 Å². The Labute approximate surface area is 114 Å². The third-order valence-corrected chi connectivity index (χ3v) is 3.79. The molecule has 0 atom stereocenters. The van der Waals surface area contributed by atoms with Gasteiger partial charge in [0.1, 0.15) is 5.82 Å². The van der Waals surface area contributed by atoms with Crippen molar-refractivity contribution >= 4 is 5.69 Å². The van der Waals surface area contributed by atoms with Gasteiger partial charge in [-0.3, -0.25) is 0 Å². The summed E-state index contributed by atoms with van der Waals surface area (Å²) in [6.07, 6.45) is 6.64. The summed E-state index contributed by atoms with van der Waals surface area (Å²) in [4.78, 5) is 10.4. The van der Waals surface area contributed by atoms with E-state index in [1.807, 2.05) is 6.20 Å². The minimum Gasteiger partial charge on any atom is -0.365 e. The number of aryl methyl sites for hydroxylation is 1. The second kappa shape index (κ2) is 5.47. The lowest BCUT2D eigenvalue weighted by molar-refractivity contribution is 0.755. The highest BCUT2D eigenvalue weighted by Gasteiger charge is 2.18. The summed E-state index contributed by atoms with van der Waals surface area (Å²) in [7, 11) is 0. The monoisotopic (exact) mass is 255 g/mol. The zero-order valence-corrected chi connectivity index (χ0v) is 11.5. The van der Waals surface area contributed by atoms with Crippen LogP contribution in [0.2, 0.25) is 0 Å². The lowest BCUT2D eigenvalue weighted by atomic mass is 10.2. The third kappa shape index (κ3) is 2.65. The molecule has 1 aliphatic heterocycles. The number of nitrogens with one attached hydrogen (secondary N) is 1.